The van der Waals surface area contributed by atoms with Crippen molar-refractivity contribution in [2.24, 2.45) is 17.8 Å². The van der Waals surface area contributed by atoms with Crippen LogP contribution in [-0.2, 0) is 58.5 Å². The molecule has 71 heavy (non-hydrogen) atoms. The minimum absolute atomic E-state index is 0.00312. The number of phosphoric acid groups is 1. The van der Waals surface area contributed by atoms with Crippen LogP contribution in [-0.4, -0.2) is 144 Å². The second-order valence-electron chi connectivity index (χ2n) is 19.0. The maximum absolute atomic E-state index is 14.3. The van der Waals surface area contributed by atoms with Gasteiger partial charge < -0.3 is 55.1 Å². The molecule has 9 atom stereocenters. The predicted molar refractivity (Wildman–Crippen MR) is 267 cm³/mol. The Morgan fingerprint density at radius 3 is 2.23 bits per heavy atom. The van der Waals surface area contributed by atoms with Crippen molar-refractivity contribution >= 4 is 49.4 Å². The molecular weight excluding hydrogens is 940 g/mol. The quantitative estimate of drug-likeness (QED) is 0.0601. The van der Waals surface area contributed by atoms with Crippen molar-refractivity contribution in [2.45, 2.75) is 157 Å². The van der Waals surface area contributed by atoms with Gasteiger partial charge in [-0.3, -0.25) is 28.5 Å². The lowest BCUT2D eigenvalue weighted by Gasteiger charge is -2.33. The number of nitrogens with zero attached hydrogens (tertiary/aromatic N) is 2. The van der Waals surface area contributed by atoms with Crippen LogP contribution in [0.2, 0.25) is 0 Å². The normalized spacial score (nSPS) is 26.1. The molecule has 0 saturated carbocycles. The highest BCUT2D eigenvalue weighted by atomic mass is 31.2. The Kier molecular flexibility index (Phi) is 26.8. The van der Waals surface area contributed by atoms with Crippen molar-refractivity contribution in [1.82, 2.24) is 31.1 Å². The number of esters is 1. The first kappa shape index (κ1) is 62.0. The van der Waals surface area contributed by atoms with E-state index in [4.69, 9.17) is 24.0 Å². The van der Waals surface area contributed by atoms with Crippen molar-refractivity contribution in [3.8, 4) is 0 Å². The van der Waals surface area contributed by atoms with Crippen LogP contribution in [0.4, 0.5) is 4.79 Å². The van der Waals surface area contributed by atoms with Crippen LogP contribution in [0.3, 0.4) is 0 Å². The van der Waals surface area contributed by atoms with Crippen LogP contribution in [0.25, 0.3) is 0 Å². The first-order valence-electron chi connectivity index (χ1n) is 24.5. The third-order valence-electron chi connectivity index (χ3n) is 12.4. The molecule has 1 aliphatic heterocycles. The molecule has 6 amide bonds. The van der Waals surface area contributed by atoms with Gasteiger partial charge in [0.2, 0.25) is 23.6 Å². The van der Waals surface area contributed by atoms with E-state index >= 15 is 0 Å². The van der Waals surface area contributed by atoms with Crippen molar-refractivity contribution < 1.29 is 66.6 Å². The number of carbonyl (C=O) groups excluding carboxylic acids is 7. The highest BCUT2D eigenvalue weighted by Gasteiger charge is 2.36. The van der Waals surface area contributed by atoms with Crippen LogP contribution in [0, 0.1) is 17.8 Å². The van der Waals surface area contributed by atoms with E-state index in [2.05, 4.69) is 25.8 Å². The lowest BCUT2D eigenvalue weighted by atomic mass is 9.90. The standard InChI is InChI=1S/C50H81N6O14P/c1-13-32(5)43-46(59)52-35(8)30-67-44(33(6)14-2)36(9)40(70-50(63)51-25-19-16-20-26-68-71(64,65)66)24-23-34(7)49(62)69-41(27-31(3)4)45(58)53-37(10)47(60)56(12)39(28-38-21-17-15-18-22-38)48(61)55(11)29-42(57)54-43/h14-15,17-18,21-23,31-32,35-37,39-41,43-44H,13,16,19-20,24-30H2,1-12H3,(H,51,63)(H,52,59)(H,53,58)(H,54,57)(H2,64,65,66)/b33-14+,34-23+/t32?,35-,36+,37+,39-,40+,41-,43+,44-/m1/s1. The van der Waals surface area contributed by atoms with Gasteiger partial charge in [-0.05, 0) is 83.3 Å². The number of ether oxygens (including phenoxy) is 3. The Hall–Kier alpha value is -5.14. The number of hydrogen-bond donors (Lipinski definition) is 6. The lowest BCUT2D eigenvalue weighted by molar-refractivity contribution is -0.154. The summed E-state index contributed by atoms with van der Waals surface area (Å²) in [6.07, 6.45) is 1.78. The lowest BCUT2D eigenvalue weighted by Crippen LogP contribution is -2.57. The van der Waals surface area contributed by atoms with Gasteiger partial charge in [0, 0.05) is 51.0 Å². The van der Waals surface area contributed by atoms with Crippen molar-refractivity contribution in [3.63, 3.8) is 0 Å². The Labute approximate surface area is 420 Å². The Bertz CT molecular complexity index is 2030. The average molecular weight is 1020 g/mol. The number of carbonyl (C=O) groups is 7. The largest absolute Gasteiger partial charge is 0.469 e. The molecule has 0 bridgehead atoms. The number of unbranched alkanes of at least 4 members (excludes halogenated alkanes) is 2. The second kappa shape index (κ2) is 30.7. The fourth-order valence-corrected chi connectivity index (χ4v) is 8.13. The van der Waals surface area contributed by atoms with E-state index in [1.165, 1.54) is 37.7 Å². The maximum atomic E-state index is 14.3. The Morgan fingerprint density at radius 2 is 1.62 bits per heavy atom. The molecule has 0 radical (unpaired) electrons. The molecule has 1 aromatic carbocycles. The van der Waals surface area contributed by atoms with E-state index < -0.39 is 104 Å². The van der Waals surface area contributed by atoms with Crippen LogP contribution in [0.1, 0.15) is 113 Å². The maximum Gasteiger partial charge on any atom is 0.469 e. The number of hydrogen-bond acceptors (Lipinski definition) is 12. The molecule has 0 fully saturated rings. The van der Waals surface area contributed by atoms with Crippen LogP contribution < -0.4 is 21.3 Å². The Balaban J connectivity index is 2.61. The van der Waals surface area contributed by atoms with Gasteiger partial charge in [-0.1, -0.05) is 83.5 Å². The number of allylic oxidation sites excluding steroid dienone is 1. The number of alkyl carbamates (subject to hydrolysis) is 1. The molecule has 1 heterocycles. The molecule has 2 rings (SSSR count). The highest BCUT2D eigenvalue weighted by Crippen LogP contribution is 2.35. The van der Waals surface area contributed by atoms with E-state index in [1.807, 2.05) is 60.6 Å². The topological polar surface area (TPSA) is 269 Å². The summed E-state index contributed by atoms with van der Waals surface area (Å²) in [6, 6.07) is 5.16. The second-order valence-corrected chi connectivity index (χ2v) is 20.2. The van der Waals surface area contributed by atoms with Crippen LogP contribution in [0.5, 0.6) is 0 Å². The van der Waals surface area contributed by atoms with Crippen molar-refractivity contribution in [1.29, 1.82) is 0 Å². The van der Waals surface area contributed by atoms with Gasteiger partial charge in [-0.25, -0.2) is 14.2 Å². The minimum atomic E-state index is -4.59. The van der Waals surface area contributed by atoms with E-state index in [0.717, 1.165) is 11.1 Å². The minimum Gasteiger partial charge on any atom is -0.449 e. The molecular formula is C50H81N6O14P. The molecule has 0 saturated heterocycles. The van der Waals surface area contributed by atoms with Crippen LogP contribution >= 0.6 is 7.82 Å². The summed E-state index contributed by atoms with van der Waals surface area (Å²) in [5.41, 5.74) is 1.63. The summed E-state index contributed by atoms with van der Waals surface area (Å²) < 4.78 is 33.7. The fraction of sp³-hybridized carbons (Fsp3) is 0.660. The number of benzene rings is 1. The molecule has 1 unspecified atom stereocenters. The molecule has 400 valence electrons. The van der Waals surface area contributed by atoms with Gasteiger partial charge in [-0.2, -0.15) is 0 Å². The molecule has 20 nitrogen and oxygen atoms in total. The van der Waals surface area contributed by atoms with E-state index in [-0.39, 0.29) is 56.4 Å². The van der Waals surface area contributed by atoms with Gasteiger partial charge in [0.05, 0.1) is 25.9 Å². The summed E-state index contributed by atoms with van der Waals surface area (Å²) in [6.45, 7) is 17.2. The number of likely N-dealkylation sites (N-methyl/N-ethyl adjacent to an activating group) is 2. The van der Waals surface area contributed by atoms with E-state index in [0.29, 0.717) is 25.7 Å². The zero-order chi connectivity index (χ0) is 53.6. The van der Waals surface area contributed by atoms with Crippen molar-refractivity contribution in [2.75, 3.05) is 40.4 Å². The molecule has 0 aliphatic carbocycles. The summed E-state index contributed by atoms with van der Waals surface area (Å²) >= 11 is 0. The smallest absolute Gasteiger partial charge is 0.449 e. The Morgan fingerprint density at radius 1 is 0.958 bits per heavy atom. The predicted octanol–water partition coefficient (Wildman–Crippen LogP) is 4.72. The average Bonchev–Trinajstić information content (AvgIpc) is 3.31. The SMILES string of the molecule is C/C=C(\C)[C@H]1OC[C@@H](C)NC(=O)[C@H](C(C)CC)NC(=O)CN(C)C(=O)[C@@H](Cc2ccccc2)N(C)C(=O)[C@H](C)NC(=O)[C@@H](CC(C)C)OC(=O)/C(C)=C/C[C@H](OC(=O)NCCCCCOP(=O)(O)O)[C@@H]1C. The zero-order valence-corrected chi connectivity index (χ0v) is 44.6. The molecule has 0 spiro atoms. The van der Waals surface area contributed by atoms with E-state index in [1.54, 1.807) is 37.3 Å². The molecule has 21 heteroatoms. The molecule has 1 aromatic rings. The van der Waals surface area contributed by atoms with Gasteiger partial charge in [0.25, 0.3) is 5.91 Å². The van der Waals surface area contributed by atoms with Crippen LogP contribution in [0.15, 0.2) is 53.6 Å². The zero-order valence-electron chi connectivity index (χ0n) is 43.7. The molecule has 6 N–H and O–H groups in total. The number of amides is 6. The number of phosphoric ester groups is 1. The van der Waals surface area contributed by atoms with Gasteiger partial charge in [0.1, 0.15) is 24.2 Å². The third-order valence-corrected chi connectivity index (χ3v) is 12.9. The monoisotopic (exact) mass is 1020 g/mol. The number of nitrogens with one attached hydrogen (secondary N) is 4. The summed E-state index contributed by atoms with van der Waals surface area (Å²) in [4.78, 5) is 117. The number of rotatable bonds is 15. The van der Waals surface area contributed by atoms with Gasteiger partial charge >= 0.3 is 19.9 Å². The molecule has 0 aromatic heterocycles. The molecule has 1 aliphatic rings. The summed E-state index contributed by atoms with van der Waals surface area (Å²) in [5.74, 6) is -4.78. The van der Waals surface area contributed by atoms with Crippen molar-refractivity contribution in [3.05, 3.63) is 59.2 Å². The van der Waals surface area contributed by atoms with E-state index in [9.17, 15) is 38.1 Å². The fourth-order valence-electron chi connectivity index (χ4n) is 7.76. The highest BCUT2D eigenvalue weighted by molar-refractivity contribution is 7.46. The summed E-state index contributed by atoms with van der Waals surface area (Å²) in [7, 11) is -1.71. The van der Waals surface area contributed by atoms with Gasteiger partial charge in [0.15, 0.2) is 6.10 Å². The summed E-state index contributed by atoms with van der Waals surface area (Å²) in [5, 5.41) is 11.1. The first-order chi connectivity index (χ1) is 33.3. The van der Waals surface area contributed by atoms with Gasteiger partial charge in [-0.15, -0.1) is 0 Å². The third kappa shape index (κ3) is 22.0. The number of cyclic esters (lactones) is 1. The first-order valence-corrected chi connectivity index (χ1v) is 26.0.